The molecule has 0 fully saturated rings. The highest BCUT2D eigenvalue weighted by Gasteiger charge is 2.28. The predicted octanol–water partition coefficient (Wildman–Crippen LogP) is 1.96. The van der Waals surface area contributed by atoms with Gasteiger partial charge in [0, 0.05) is 12.1 Å². The van der Waals surface area contributed by atoms with Crippen molar-refractivity contribution in [2.45, 2.75) is 52.1 Å². The molecule has 2 atom stereocenters. The van der Waals surface area contributed by atoms with Gasteiger partial charge in [-0.15, -0.1) is 0 Å². The van der Waals surface area contributed by atoms with Gasteiger partial charge in [-0.3, -0.25) is 15.0 Å². The first-order valence-electron chi connectivity index (χ1n) is 11.6. The molecule has 1 aromatic heterocycles. The van der Waals surface area contributed by atoms with Crippen LogP contribution in [-0.2, 0) is 4.79 Å². The highest BCUT2D eigenvalue weighted by molar-refractivity contribution is 5.96. The Morgan fingerprint density at radius 1 is 1.22 bits per heavy atom. The lowest BCUT2D eigenvalue weighted by molar-refractivity contribution is -0.139. The summed E-state index contributed by atoms with van der Waals surface area (Å²) in [6, 6.07) is 4.93. The summed E-state index contributed by atoms with van der Waals surface area (Å²) in [5.74, 6) is -1.40. The minimum atomic E-state index is -1.20. The number of hydrogen-bond acceptors (Lipinski definition) is 7. The first kappa shape index (κ1) is 28.1. The fourth-order valence-corrected chi connectivity index (χ4v) is 3.49. The van der Waals surface area contributed by atoms with Gasteiger partial charge in [-0.2, -0.15) is 0 Å². The number of guanidine groups is 1. The van der Waals surface area contributed by atoms with Crippen molar-refractivity contribution >= 4 is 23.7 Å². The number of rotatable bonds is 13. The number of methoxy groups -OCH3 is 1. The van der Waals surface area contributed by atoms with E-state index >= 15 is 0 Å². The first-order chi connectivity index (χ1) is 17.0. The number of carbonyl (C=O) groups is 3. The van der Waals surface area contributed by atoms with E-state index in [-0.39, 0.29) is 41.6 Å². The molecule has 0 aliphatic heterocycles. The fraction of sp³-hybridized carbons (Fsp3) is 0.458. The number of aliphatic carboxylic acids is 1. The topological polar surface area (TPSA) is 193 Å². The second-order valence-electron chi connectivity index (χ2n) is 8.69. The van der Waals surface area contributed by atoms with E-state index in [1.54, 1.807) is 31.2 Å². The van der Waals surface area contributed by atoms with Crippen LogP contribution in [0, 0.1) is 18.3 Å². The van der Waals surface area contributed by atoms with E-state index in [0.717, 1.165) is 0 Å². The Hall–Kier alpha value is -4.09. The van der Waals surface area contributed by atoms with E-state index in [4.69, 9.17) is 20.3 Å². The molecule has 7 N–H and O–H groups in total. The summed E-state index contributed by atoms with van der Waals surface area (Å²) in [7, 11) is 1.51. The Kier molecular flexibility index (Phi) is 10.3. The molecule has 1 heterocycles. The average Bonchev–Trinajstić information content (AvgIpc) is 3.21. The summed E-state index contributed by atoms with van der Waals surface area (Å²) < 4.78 is 10.9. The molecule has 0 radical (unpaired) electrons. The molecule has 12 nitrogen and oxygen atoms in total. The van der Waals surface area contributed by atoms with Crippen molar-refractivity contribution in [3.05, 3.63) is 47.2 Å². The molecule has 2 rings (SSSR count). The molecular formula is C24H34N6O6. The van der Waals surface area contributed by atoms with Gasteiger partial charge in [0.05, 0.1) is 7.11 Å². The third-order valence-corrected chi connectivity index (χ3v) is 5.26. The summed E-state index contributed by atoms with van der Waals surface area (Å²) in [6.45, 7) is 5.80. The smallest absolute Gasteiger partial charge is 0.326 e. The van der Waals surface area contributed by atoms with Gasteiger partial charge in [-0.1, -0.05) is 19.9 Å². The highest BCUT2D eigenvalue weighted by atomic mass is 16.5. The molecule has 2 amide bonds. The maximum absolute atomic E-state index is 12.9. The van der Waals surface area contributed by atoms with Crippen LogP contribution in [0.1, 0.15) is 71.6 Å². The molecule has 1 unspecified atom stereocenters. The Balaban J connectivity index is 2.17. The highest BCUT2D eigenvalue weighted by Crippen LogP contribution is 2.24. The number of aryl methyl sites for hydroxylation is 1. The molecule has 0 aliphatic carbocycles. The van der Waals surface area contributed by atoms with Crippen LogP contribution in [0.5, 0.6) is 5.75 Å². The van der Waals surface area contributed by atoms with E-state index in [1.807, 2.05) is 13.8 Å². The second kappa shape index (κ2) is 13.1. The Morgan fingerprint density at radius 3 is 2.56 bits per heavy atom. The van der Waals surface area contributed by atoms with Crippen molar-refractivity contribution in [3.8, 4) is 5.75 Å². The van der Waals surface area contributed by atoms with Gasteiger partial charge in [0.2, 0.25) is 5.89 Å². The van der Waals surface area contributed by atoms with Gasteiger partial charge in [-0.05, 0) is 50.3 Å². The van der Waals surface area contributed by atoms with Crippen molar-refractivity contribution in [3.63, 3.8) is 0 Å². The average molecular weight is 503 g/mol. The van der Waals surface area contributed by atoms with E-state index in [9.17, 15) is 19.5 Å². The molecule has 0 spiro atoms. The normalized spacial score (nSPS) is 12.5. The van der Waals surface area contributed by atoms with Crippen LogP contribution in [0.15, 0.2) is 28.7 Å². The van der Waals surface area contributed by atoms with E-state index in [1.165, 1.54) is 7.11 Å². The zero-order chi connectivity index (χ0) is 26.8. The van der Waals surface area contributed by atoms with Gasteiger partial charge in [-0.25, -0.2) is 9.78 Å². The third kappa shape index (κ3) is 8.29. The minimum absolute atomic E-state index is 0.0532. The summed E-state index contributed by atoms with van der Waals surface area (Å²) in [5, 5.41) is 24.6. The SMILES string of the molecule is COc1cccc(C(=O)NC(CC(C)C)c2nc(C(=O)N[C@@H](CCCNC(=N)N)C(=O)O)c(C)o2)c1. The molecule has 0 saturated carbocycles. The largest absolute Gasteiger partial charge is 0.497 e. The number of nitrogens with one attached hydrogen (secondary N) is 4. The molecule has 36 heavy (non-hydrogen) atoms. The van der Waals surface area contributed by atoms with Crippen LogP contribution in [-0.4, -0.2) is 53.5 Å². The zero-order valence-electron chi connectivity index (χ0n) is 20.9. The summed E-state index contributed by atoms with van der Waals surface area (Å²) in [6.07, 6.45) is 0.988. The van der Waals surface area contributed by atoms with Gasteiger partial charge in [0.25, 0.3) is 11.8 Å². The van der Waals surface area contributed by atoms with Crippen LogP contribution in [0.3, 0.4) is 0 Å². The molecule has 0 bridgehead atoms. The lowest BCUT2D eigenvalue weighted by Crippen LogP contribution is -2.42. The first-order valence-corrected chi connectivity index (χ1v) is 11.6. The number of ether oxygens (including phenoxy) is 1. The van der Waals surface area contributed by atoms with Crippen molar-refractivity contribution in [2.24, 2.45) is 11.7 Å². The lowest BCUT2D eigenvalue weighted by Gasteiger charge is -2.18. The molecule has 0 saturated heterocycles. The number of carbonyl (C=O) groups excluding carboxylic acids is 2. The number of carboxylic acids is 1. The molecule has 0 aliphatic rings. The number of nitrogens with zero attached hydrogens (tertiary/aromatic N) is 1. The molecule has 12 heteroatoms. The number of oxazole rings is 1. The fourth-order valence-electron chi connectivity index (χ4n) is 3.49. The van der Waals surface area contributed by atoms with Crippen LogP contribution in [0.25, 0.3) is 0 Å². The predicted molar refractivity (Wildman–Crippen MR) is 132 cm³/mol. The molecule has 196 valence electrons. The van der Waals surface area contributed by atoms with Crippen molar-refractivity contribution in [2.75, 3.05) is 13.7 Å². The quantitative estimate of drug-likeness (QED) is 0.135. The Labute approximate surface area is 209 Å². The van der Waals surface area contributed by atoms with Gasteiger partial charge in [0.15, 0.2) is 11.7 Å². The zero-order valence-corrected chi connectivity index (χ0v) is 20.9. The summed E-state index contributed by atoms with van der Waals surface area (Å²) >= 11 is 0. The lowest BCUT2D eigenvalue weighted by atomic mass is 10.0. The van der Waals surface area contributed by atoms with Crippen molar-refractivity contribution in [1.29, 1.82) is 5.41 Å². The number of benzene rings is 1. The summed E-state index contributed by atoms with van der Waals surface area (Å²) in [5.41, 5.74) is 5.55. The monoisotopic (exact) mass is 502 g/mol. The standard InChI is InChI=1S/C24H34N6O6/c1-13(2)11-18(29-20(31)15-7-5-8-16(12-15)35-4)22-30-19(14(3)36-22)21(32)28-17(23(33)34)9-6-10-27-24(25)26/h5,7-8,12-13,17-18H,6,9-11H2,1-4H3,(H,28,32)(H,29,31)(H,33,34)(H4,25,26,27)/t17-,18?/m0/s1. The van der Waals surface area contributed by atoms with Crippen LogP contribution in [0.2, 0.25) is 0 Å². The second-order valence-corrected chi connectivity index (χ2v) is 8.69. The van der Waals surface area contributed by atoms with Crippen LogP contribution in [0.4, 0.5) is 0 Å². The van der Waals surface area contributed by atoms with Crippen LogP contribution >= 0.6 is 0 Å². The molecule has 2 aromatic rings. The minimum Gasteiger partial charge on any atom is -0.497 e. The van der Waals surface area contributed by atoms with E-state index in [0.29, 0.717) is 30.7 Å². The van der Waals surface area contributed by atoms with Gasteiger partial charge >= 0.3 is 5.97 Å². The number of carboxylic acid groups (broad SMARTS) is 1. The van der Waals surface area contributed by atoms with Gasteiger partial charge < -0.3 is 35.9 Å². The van der Waals surface area contributed by atoms with Crippen molar-refractivity contribution < 1.29 is 28.6 Å². The summed E-state index contributed by atoms with van der Waals surface area (Å²) in [4.78, 5) is 41.6. The Morgan fingerprint density at radius 2 is 1.94 bits per heavy atom. The number of nitrogens with two attached hydrogens (primary N) is 1. The maximum Gasteiger partial charge on any atom is 0.326 e. The molecule has 1 aromatic carbocycles. The van der Waals surface area contributed by atoms with E-state index in [2.05, 4.69) is 20.9 Å². The number of amides is 2. The third-order valence-electron chi connectivity index (χ3n) is 5.26. The molecular weight excluding hydrogens is 468 g/mol. The maximum atomic E-state index is 12.9. The van der Waals surface area contributed by atoms with Crippen LogP contribution < -0.4 is 26.4 Å². The van der Waals surface area contributed by atoms with E-state index < -0.39 is 24.0 Å². The van der Waals surface area contributed by atoms with Gasteiger partial charge in [0.1, 0.15) is 23.6 Å². The Bertz CT molecular complexity index is 1080. The van der Waals surface area contributed by atoms with Crippen molar-refractivity contribution in [1.82, 2.24) is 20.9 Å². The number of hydrogen-bond donors (Lipinski definition) is 6. The number of aromatic nitrogens is 1.